The van der Waals surface area contributed by atoms with Crippen molar-refractivity contribution in [2.45, 2.75) is 32.2 Å². The quantitative estimate of drug-likeness (QED) is 0.576. The average Bonchev–Trinajstić information content (AvgIpc) is 2.39. The smallest absolute Gasteiger partial charge is 0.245 e. The lowest BCUT2D eigenvalue weighted by atomic mass is 10.2. The van der Waals surface area contributed by atoms with Gasteiger partial charge in [0.05, 0.1) is 13.2 Å². The maximum atomic E-state index is 12.0. The lowest BCUT2D eigenvalue weighted by Crippen LogP contribution is -2.50. The molecule has 1 rings (SSSR count). The molecule has 0 radical (unpaired) electrons. The number of carbonyl (C=O) groups is 2. The Labute approximate surface area is 113 Å². The summed E-state index contributed by atoms with van der Waals surface area (Å²) in [6.07, 6.45) is 2.00. The highest BCUT2D eigenvalue weighted by molar-refractivity contribution is 6.17. The van der Waals surface area contributed by atoms with Gasteiger partial charge in [0.1, 0.15) is 6.04 Å². The van der Waals surface area contributed by atoms with Crippen LogP contribution in [-0.4, -0.2) is 54.9 Å². The highest BCUT2D eigenvalue weighted by atomic mass is 35.5. The van der Waals surface area contributed by atoms with Gasteiger partial charge in [0.2, 0.25) is 11.8 Å². The minimum Gasteiger partial charge on any atom is -0.378 e. The van der Waals surface area contributed by atoms with Crippen molar-refractivity contribution in [1.82, 2.24) is 10.2 Å². The molecule has 0 aromatic carbocycles. The predicted octanol–water partition coefficient (Wildman–Crippen LogP) is 0.759. The summed E-state index contributed by atoms with van der Waals surface area (Å²) in [7, 11) is 0. The van der Waals surface area contributed by atoms with E-state index in [4.69, 9.17) is 16.3 Å². The second kappa shape index (κ2) is 8.32. The predicted molar refractivity (Wildman–Crippen MR) is 69.6 cm³/mol. The van der Waals surface area contributed by atoms with Crippen LogP contribution in [0, 0.1) is 0 Å². The zero-order chi connectivity index (χ0) is 13.4. The monoisotopic (exact) mass is 276 g/mol. The van der Waals surface area contributed by atoms with Crippen molar-refractivity contribution in [3.63, 3.8) is 0 Å². The van der Waals surface area contributed by atoms with E-state index < -0.39 is 6.04 Å². The van der Waals surface area contributed by atoms with Crippen molar-refractivity contribution < 1.29 is 14.3 Å². The molecule has 1 aliphatic rings. The number of rotatable bonds is 6. The molecule has 0 aliphatic carbocycles. The van der Waals surface area contributed by atoms with Crippen LogP contribution in [-0.2, 0) is 14.3 Å². The molecule has 1 N–H and O–H groups in total. The second-order valence-electron chi connectivity index (χ2n) is 4.37. The molecule has 1 heterocycles. The van der Waals surface area contributed by atoms with E-state index in [1.54, 1.807) is 11.8 Å². The van der Waals surface area contributed by atoms with Gasteiger partial charge in [-0.25, -0.2) is 0 Å². The molecule has 0 aromatic heterocycles. The molecule has 1 unspecified atom stereocenters. The number of carbonyl (C=O) groups excluding carboxylic acids is 2. The Kier molecular flexibility index (Phi) is 7.05. The summed E-state index contributed by atoms with van der Waals surface area (Å²) < 4.78 is 5.18. The van der Waals surface area contributed by atoms with E-state index in [-0.39, 0.29) is 11.8 Å². The third kappa shape index (κ3) is 5.23. The van der Waals surface area contributed by atoms with Crippen LogP contribution in [0.25, 0.3) is 0 Å². The molecule has 18 heavy (non-hydrogen) atoms. The zero-order valence-electron chi connectivity index (χ0n) is 10.8. The van der Waals surface area contributed by atoms with E-state index >= 15 is 0 Å². The van der Waals surface area contributed by atoms with Crippen molar-refractivity contribution in [3.05, 3.63) is 0 Å². The van der Waals surface area contributed by atoms with Gasteiger partial charge in [-0.1, -0.05) is 0 Å². The fourth-order valence-corrected chi connectivity index (χ4v) is 2.00. The summed E-state index contributed by atoms with van der Waals surface area (Å²) in [5, 5.41) is 2.72. The van der Waals surface area contributed by atoms with Crippen LogP contribution in [0.15, 0.2) is 0 Å². The largest absolute Gasteiger partial charge is 0.378 e. The maximum absolute atomic E-state index is 12.0. The Bertz CT molecular complexity index is 280. The zero-order valence-corrected chi connectivity index (χ0v) is 11.5. The fraction of sp³-hybridized carbons (Fsp3) is 0.833. The number of nitrogens with zero attached hydrogens (tertiary/aromatic N) is 1. The van der Waals surface area contributed by atoms with E-state index in [1.807, 2.05) is 0 Å². The average molecular weight is 277 g/mol. The van der Waals surface area contributed by atoms with Crippen molar-refractivity contribution >= 4 is 23.4 Å². The molecule has 1 aliphatic heterocycles. The van der Waals surface area contributed by atoms with Crippen LogP contribution in [0.3, 0.4) is 0 Å². The number of unbranched alkanes of at least 4 members (excludes halogenated alkanes) is 1. The molecule has 0 bridgehead atoms. The van der Waals surface area contributed by atoms with E-state index in [2.05, 4.69) is 5.32 Å². The Balaban J connectivity index is 2.27. The standard InChI is InChI=1S/C12H21ClN2O3/c1-10(14-11(16)4-2-3-5-13)12(17)15-6-8-18-9-7-15/h10H,2-9H2,1H3,(H,14,16). The number of nitrogens with one attached hydrogen (secondary N) is 1. The van der Waals surface area contributed by atoms with Crippen molar-refractivity contribution in [3.8, 4) is 0 Å². The number of hydrogen-bond acceptors (Lipinski definition) is 3. The summed E-state index contributed by atoms with van der Waals surface area (Å²) in [6.45, 7) is 4.07. The molecule has 0 spiro atoms. The summed E-state index contributed by atoms with van der Waals surface area (Å²) in [6, 6.07) is -0.466. The highest BCUT2D eigenvalue weighted by Crippen LogP contribution is 2.02. The first kappa shape index (κ1) is 15.2. The molecule has 1 saturated heterocycles. The number of amides is 2. The maximum Gasteiger partial charge on any atom is 0.245 e. The summed E-state index contributed by atoms with van der Waals surface area (Å²) >= 11 is 5.54. The molecule has 0 aromatic rings. The normalized spacial score (nSPS) is 17.3. The van der Waals surface area contributed by atoms with Crippen molar-refractivity contribution in [2.24, 2.45) is 0 Å². The number of ether oxygens (including phenoxy) is 1. The van der Waals surface area contributed by atoms with Crippen LogP contribution in [0.1, 0.15) is 26.2 Å². The molecule has 2 amide bonds. The van der Waals surface area contributed by atoms with E-state index in [0.29, 0.717) is 38.6 Å². The summed E-state index contributed by atoms with van der Waals surface area (Å²) in [4.78, 5) is 25.3. The number of halogens is 1. The first-order valence-electron chi connectivity index (χ1n) is 6.37. The van der Waals surface area contributed by atoms with E-state index in [9.17, 15) is 9.59 Å². The van der Waals surface area contributed by atoms with Crippen LogP contribution in [0.4, 0.5) is 0 Å². The van der Waals surface area contributed by atoms with Crippen LogP contribution < -0.4 is 5.32 Å². The van der Waals surface area contributed by atoms with Gasteiger partial charge in [-0.15, -0.1) is 11.6 Å². The van der Waals surface area contributed by atoms with Gasteiger partial charge in [0, 0.05) is 25.4 Å². The van der Waals surface area contributed by atoms with Gasteiger partial charge in [0.15, 0.2) is 0 Å². The third-order valence-electron chi connectivity index (χ3n) is 2.86. The van der Waals surface area contributed by atoms with Gasteiger partial charge in [0.25, 0.3) is 0 Å². The molecule has 6 heteroatoms. The lowest BCUT2D eigenvalue weighted by Gasteiger charge is -2.29. The molecular formula is C12H21ClN2O3. The van der Waals surface area contributed by atoms with Crippen molar-refractivity contribution in [1.29, 1.82) is 0 Å². The van der Waals surface area contributed by atoms with Crippen LogP contribution >= 0.6 is 11.6 Å². The van der Waals surface area contributed by atoms with Crippen molar-refractivity contribution in [2.75, 3.05) is 32.2 Å². The molecule has 0 saturated carbocycles. The van der Waals surface area contributed by atoms with Gasteiger partial charge >= 0.3 is 0 Å². The topological polar surface area (TPSA) is 58.6 Å². The summed E-state index contributed by atoms with van der Waals surface area (Å²) in [5.74, 6) is 0.438. The lowest BCUT2D eigenvalue weighted by molar-refractivity contribution is -0.139. The minimum absolute atomic E-state index is 0.0380. The second-order valence-corrected chi connectivity index (χ2v) is 4.75. The number of hydrogen-bond donors (Lipinski definition) is 1. The Hall–Kier alpha value is -0.810. The molecule has 5 nitrogen and oxygen atoms in total. The van der Waals surface area contributed by atoms with E-state index in [0.717, 1.165) is 12.8 Å². The Morgan fingerprint density at radius 3 is 2.61 bits per heavy atom. The molecular weight excluding hydrogens is 256 g/mol. The third-order valence-corrected chi connectivity index (χ3v) is 3.13. The molecule has 1 fully saturated rings. The van der Waals surface area contributed by atoms with Gasteiger partial charge in [-0.3, -0.25) is 9.59 Å². The summed E-state index contributed by atoms with van der Waals surface area (Å²) in [5.41, 5.74) is 0. The molecule has 1 atom stereocenters. The van der Waals surface area contributed by atoms with Gasteiger partial charge < -0.3 is 15.0 Å². The fourth-order valence-electron chi connectivity index (χ4n) is 1.81. The number of alkyl halides is 1. The molecule has 104 valence electrons. The first-order valence-corrected chi connectivity index (χ1v) is 6.90. The highest BCUT2D eigenvalue weighted by Gasteiger charge is 2.23. The van der Waals surface area contributed by atoms with Crippen LogP contribution in [0.2, 0.25) is 0 Å². The minimum atomic E-state index is -0.466. The van der Waals surface area contributed by atoms with Crippen LogP contribution in [0.5, 0.6) is 0 Å². The van der Waals surface area contributed by atoms with Gasteiger partial charge in [-0.05, 0) is 19.8 Å². The Morgan fingerprint density at radius 2 is 2.00 bits per heavy atom. The number of morpholine rings is 1. The Morgan fingerprint density at radius 1 is 1.33 bits per heavy atom. The first-order chi connectivity index (χ1) is 8.65. The SMILES string of the molecule is CC(NC(=O)CCCCCl)C(=O)N1CCOCC1. The van der Waals surface area contributed by atoms with Gasteiger partial charge in [-0.2, -0.15) is 0 Å². The van der Waals surface area contributed by atoms with E-state index in [1.165, 1.54) is 0 Å².